The van der Waals surface area contributed by atoms with Crippen LogP contribution in [0, 0.1) is 6.92 Å². The molecule has 0 bridgehead atoms. The molecule has 0 N–H and O–H groups in total. The highest BCUT2D eigenvalue weighted by atomic mass is 16.5. The van der Waals surface area contributed by atoms with Crippen LogP contribution < -0.4 is 35.8 Å². The molecule has 3 aliphatic rings. The van der Waals surface area contributed by atoms with Gasteiger partial charge in [0.15, 0.2) is 0 Å². The Morgan fingerprint density at radius 3 is 1.98 bits per heavy atom. The molecule has 0 spiro atoms. The molecule has 0 saturated carbocycles. The van der Waals surface area contributed by atoms with E-state index in [1.165, 1.54) is 80.4 Å². The number of piperidine rings is 1. The van der Waals surface area contributed by atoms with E-state index in [1.54, 1.807) is 0 Å². The minimum atomic E-state index is -0.00359. The molecule has 6 aromatic carbocycles. The van der Waals surface area contributed by atoms with Crippen molar-refractivity contribution in [2.24, 2.45) is 0 Å². The highest BCUT2D eigenvalue weighted by Gasteiger charge is 2.42. The Bertz CT molecular complexity index is 2470. The summed E-state index contributed by atoms with van der Waals surface area (Å²) in [6.45, 7) is 4.44. The molecule has 0 unspecified atom stereocenters. The van der Waals surface area contributed by atoms with Crippen LogP contribution in [0.3, 0.4) is 0 Å². The topological polar surface area (TPSA) is 23.9 Å². The Labute approximate surface area is 306 Å². The maximum Gasteiger partial charge on any atom is 0.256 e. The Balaban J connectivity index is 1.29. The summed E-state index contributed by atoms with van der Waals surface area (Å²) in [4.78, 5) is 7.26. The number of hydrogen-bond donors (Lipinski definition) is 0. The third kappa shape index (κ3) is 4.77. The van der Waals surface area contributed by atoms with Gasteiger partial charge in [-0.1, -0.05) is 78.9 Å². The number of rotatable bonds is 6. The minimum absolute atomic E-state index is 0.00359. The zero-order chi connectivity index (χ0) is 34.9. The molecule has 10 rings (SSSR count). The van der Waals surface area contributed by atoms with Gasteiger partial charge in [-0.15, -0.1) is 0 Å². The van der Waals surface area contributed by atoms with Gasteiger partial charge in [-0.05, 0) is 102 Å². The fourth-order valence-corrected chi connectivity index (χ4v) is 9.03. The van der Waals surface area contributed by atoms with E-state index in [1.807, 2.05) is 0 Å². The smallest absolute Gasteiger partial charge is 0.256 e. The van der Waals surface area contributed by atoms with Crippen LogP contribution >= 0.6 is 0 Å². The molecule has 1 saturated heterocycles. The van der Waals surface area contributed by atoms with Crippen molar-refractivity contribution in [1.29, 1.82) is 0 Å². The number of benzene rings is 6. The second kappa shape index (κ2) is 12.1. The number of aromatic nitrogens is 1. The van der Waals surface area contributed by atoms with E-state index in [0.717, 1.165) is 41.7 Å². The number of fused-ring (bicyclic) bond motifs is 4. The van der Waals surface area contributed by atoms with Crippen molar-refractivity contribution in [1.82, 2.24) is 4.57 Å². The summed E-state index contributed by atoms with van der Waals surface area (Å²) < 4.78 is 9.55. The van der Waals surface area contributed by atoms with Crippen molar-refractivity contribution in [3.8, 4) is 28.3 Å². The van der Waals surface area contributed by atoms with Gasteiger partial charge in [-0.2, -0.15) is 0 Å². The molecule has 4 heterocycles. The van der Waals surface area contributed by atoms with Crippen LogP contribution in [0.4, 0.5) is 28.4 Å². The van der Waals surface area contributed by atoms with Crippen molar-refractivity contribution in [2.75, 3.05) is 41.9 Å². The third-order valence-corrected chi connectivity index (χ3v) is 11.6. The monoisotopic (exact) mass is 676 g/mol. The van der Waals surface area contributed by atoms with Crippen LogP contribution in [0.25, 0.3) is 27.7 Å². The lowest BCUT2D eigenvalue weighted by atomic mass is 9.34. The Morgan fingerprint density at radius 2 is 1.27 bits per heavy atom. The molecule has 5 nitrogen and oxygen atoms in total. The van der Waals surface area contributed by atoms with E-state index in [4.69, 9.17) is 4.74 Å². The van der Waals surface area contributed by atoms with Crippen LogP contribution in [0.2, 0.25) is 0 Å². The maximum absolute atomic E-state index is 7.01. The van der Waals surface area contributed by atoms with Gasteiger partial charge in [0.05, 0.1) is 11.2 Å². The van der Waals surface area contributed by atoms with Gasteiger partial charge in [0.2, 0.25) is 0 Å². The van der Waals surface area contributed by atoms with Gasteiger partial charge in [-0.3, -0.25) is 0 Å². The third-order valence-electron chi connectivity index (χ3n) is 11.6. The quantitative estimate of drug-likeness (QED) is 0.164. The molecule has 0 radical (unpaired) electrons. The van der Waals surface area contributed by atoms with Crippen LogP contribution in [-0.4, -0.2) is 38.5 Å². The molecular weight excluding hydrogens is 635 g/mol. The fraction of sp³-hybridized carbons (Fsp3) is 0.174. The number of anilines is 5. The highest BCUT2D eigenvalue weighted by molar-refractivity contribution is 6.99. The van der Waals surface area contributed by atoms with Crippen LogP contribution in [-0.2, 0) is 0 Å². The van der Waals surface area contributed by atoms with E-state index < -0.39 is 0 Å². The second-order valence-electron chi connectivity index (χ2n) is 14.6. The molecule has 254 valence electrons. The van der Waals surface area contributed by atoms with E-state index in [0.29, 0.717) is 0 Å². The van der Waals surface area contributed by atoms with Gasteiger partial charge in [-0.25, -0.2) is 0 Å². The largest absolute Gasteiger partial charge is 0.458 e. The van der Waals surface area contributed by atoms with E-state index in [9.17, 15) is 0 Å². The highest BCUT2D eigenvalue weighted by Crippen LogP contribution is 2.44. The van der Waals surface area contributed by atoms with Crippen molar-refractivity contribution < 1.29 is 4.74 Å². The predicted molar refractivity (Wildman–Crippen MR) is 220 cm³/mol. The van der Waals surface area contributed by atoms with Gasteiger partial charge in [0.1, 0.15) is 11.5 Å². The Kier molecular flexibility index (Phi) is 7.21. The number of nitrogens with zero attached hydrogens (tertiary/aromatic N) is 4. The van der Waals surface area contributed by atoms with Crippen molar-refractivity contribution >= 4 is 62.4 Å². The SMILES string of the molecule is Cc1c(N(C)c2ccccc2)c2cc(N(C)c3ccccc3)cc3c2n1-c1cc(N2CCCCC2)cc2c1B3c1cc(-c3ccccc3)ccc1O2. The Hall–Kier alpha value is -5.88. The molecule has 6 heteroatoms. The number of hydrogen-bond acceptors (Lipinski definition) is 4. The van der Waals surface area contributed by atoms with Crippen molar-refractivity contribution in [3.05, 3.63) is 139 Å². The predicted octanol–water partition coefficient (Wildman–Crippen LogP) is 9.07. The summed E-state index contributed by atoms with van der Waals surface area (Å²) >= 11 is 0. The van der Waals surface area contributed by atoms with Crippen LogP contribution in [0.1, 0.15) is 25.0 Å². The lowest BCUT2D eigenvalue weighted by molar-refractivity contribution is 0.486. The summed E-state index contributed by atoms with van der Waals surface area (Å²) in [5, 5.41) is 1.25. The fourth-order valence-electron chi connectivity index (χ4n) is 9.03. The molecule has 1 aromatic heterocycles. The average Bonchev–Trinajstić information content (AvgIpc) is 3.51. The second-order valence-corrected chi connectivity index (χ2v) is 14.6. The standard InChI is InChI=1S/C46H41BN4O/c1-31-45(49(3)35-20-12-6-13-21-35)38-27-36(48(2)34-18-10-5-11-19-34)28-40-46(38)51(31)41-29-37(50-24-14-7-15-25-50)30-43-44(41)47(40)39-26-33(22-23-42(39)52-43)32-16-8-4-9-17-32/h4-6,8-13,16-23,26-30H,7,14-15,24-25H2,1-3H3. The molecule has 3 aliphatic heterocycles. The Morgan fingerprint density at radius 1 is 0.596 bits per heavy atom. The lowest BCUT2D eigenvalue weighted by Gasteiger charge is -2.36. The zero-order valence-electron chi connectivity index (χ0n) is 30.0. The van der Waals surface area contributed by atoms with E-state index in [2.05, 4.69) is 174 Å². The normalized spacial score (nSPS) is 14.1. The number of ether oxygens (including phenoxy) is 1. The van der Waals surface area contributed by atoms with E-state index in [-0.39, 0.29) is 6.71 Å². The molecule has 0 atom stereocenters. The summed E-state index contributed by atoms with van der Waals surface area (Å²) in [6.07, 6.45) is 3.74. The summed E-state index contributed by atoms with van der Waals surface area (Å²) in [5.74, 6) is 1.90. The minimum Gasteiger partial charge on any atom is -0.458 e. The molecular formula is C46H41BN4O. The molecule has 52 heavy (non-hydrogen) atoms. The summed E-state index contributed by atoms with van der Waals surface area (Å²) in [7, 11) is 4.40. The van der Waals surface area contributed by atoms with Gasteiger partial charge >= 0.3 is 0 Å². The first kappa shape index (κ1) is 30.9. The first-order valence-electron chi connectivity index (χ1n) is 18.6. The summed E-state index contributed by atoms with van der Waals surface area (Å²) in [5.41, 5.74) is 15.9. The molecule has 7 aromatic rings. The summed E-state index contributed by atoms with van der Waals surface area (Å²) in [6, 6.07) is 48.6. The first-order chi connectivity index (χ1) is 25.5. The number of para-hydroxylation sites is 2. The van der Waals surface area contributed by atoms with Gasteiger partial charge in [0.25, 0.3) is 6.71 Å². The molecule has 0 amide bonds. The van der Waals surface area contributed by atoms with Crippen molar-refractivity contribution in [2.45, 2.75) is 26.2 Å². The molecule has 0 aliphatic carbocycles. The van der Waals surface area contributed by atoms with Crippen LogP contribution in [0.5, 0.6) is 11.5 Å². The maximum atomic E-state index is 7.01. The average molecular weight is 677 g/mol. The first-order valence-corrected chi connectivity index (χ1v) is 18.6. The zero-order valence-corrected chi connectivity index (χ0v) is 30.0. The lowest BCUT2D eigenvalue weighted by Crippen LogP contribution is -2.58. The van der Waals surface area contributed by atoms with Crippen molar-refractivity contribution in [3.63, 3.8) is 0 Å². The van der Waals surface area contributed by atoms with Crippen LogP contribution in [0.15, 0.2) is 133 Å². The molecule has 1 fully saturated rings. The van der Waals surface area contributed by atoms with E-state index >= 15 is 0 Å². The van der Waals surface area contributed by atoms with Gasteiger partial charge in [0, 0.05) is 72.8 Å². The van der Waals surface area contributed by atoms with Gasteiger partial charge < -0.3 is 24.0 Å².